The first kappa shape index (κ1) is 18.2. The lowest BCUT2D eigenvalue weighted by Crippen LogP contribution is -2.53. The number of para-hydroxylation sites is 1. The van der Waals surface area contributed by atoms with E-state index in [1.165, 1.54) is 5.56 Å². The minimum atomic E-state index is -0.0701. The maximum atomic E-state index is 12.6. The van der Waals surface area contributed by atoms with Crippen molar-refractivity contribution < 1.29 is 0 Å². The summed E-state index contributed by atoms with van der Waals surface area (Å²) in [5.41, 5.74) is 4.67. The topological polar surface area (TPSA) is 63.9 Å². The molecule has 3 N–H and O–H groups in total. The molecule has 1 saturated heterocycles. The van der Waals surface area contributed by atoms with E-state index in [-0.39, 0.29) is 5.56 Å². The molecule has 2 aromatic carbocycles. The lowest BCUT2D eigenvalue weighted by atomic mass is 10.1. The zero-order valence-corrected chi connectivity index (χ0v) is 16.8. The molecule has 5 rings (SSSR count). The average molecular weight is 386 g/mol. The summed E-state index contributed by atoms with van der Waals surface area (Å²) in [5.74, 6) is 0. The fourth-order valence-electron chi connectivity index (χ4n) is 4.60. The number of nitrogens with zero attached hydrogens (tertiary/aromatic N) is 1. The summed E-state index contributed by atoms with van der Waals surface area (Å²) in [6, 6.07) is 19.5. The molecule has 0 amide bonds. The Labute approximate surface area is 169 Å². The molecule has 0 spiro atoms. The van der Waals surface area contributed by atoms with Gasteiger partial charge in [0.05, 0.1) is 11.3 Å². The molecule has 3 heterocycles. The van der Waals surface area contributed by atoms with Crippen molar-refractivity contribution in [3.8, 4) is 11.3 Å². The van der Waals surface area contributed by atoms with E-state index in [0.717, 1.165) is 47.1 Å². The van der Waals surface area contributed by atoms with Crippen LogP contribution in [0.5, 0.6) is 0 Å². The zero-order valence-electron chi connectivity index (χ0n) is 16.8. The minimum Gasteiger partial charge on any atom is -0.354 e. The van der Waals surface area contributed by atoms with Gasteiger partial charge in [0.1, 0.15) is 0 Å². The van der Waals surface area contributed by atoms with E-state index < -0.39 is 0 Å². The van der Waals surface area contributed by atoms with E-state index in [0.29, 0.717) is 17.6 Å². The molecular weight excluding hydrogens is 360 g/mol. The van der Waals surface area contributed by atoms with Gasteiger partial charge >= 0.3 is 0 Å². The van der Waals surface area contributed by atoms with E-state index in [9.17, 15) is 4.79 Å². The van der Waals surface area contributed by atoms with Gasteiger partial charge in [-0.05, 0) is 55.1 Å². The lowest BCUT2D eigenvalue weighted by Gasteiger charge is -2.36. The minimum absolute atomic E-state index is 0.0701. The van der Waals surface area contributed by atoms with Gasteiger partial charge in [-0.15, -0.1) is 0 Å². The summed E-state index contributed by atoms with van der Waals surface area (Å²) >= 11 is 0. The van der Waals surface area contributed by atoms with Crippen LogP contribution in [0.4, 0.5) is 0 Å². The van der Waals surface area contributed by atoms with Crippen LogP contribution in [0.1, 0.15) is 19.4 Å². The smallest absolute Gasteiger partial charge is 0.257 e. The summed E-state index contributed by atoms with van der Waals surface area (Å²) in [5, 5.41) is 5.76. The lowest BCUT2D eigenvalue weighted by molar-refractivity contribution is 0.166. The second-order valence-corrected chi connectivity index (χ2v) is 8.37. The Hall–Kier alpha value is -2.89. The van der Waals surface area contributed by atoms with Crippen LogP contribution in [0.15, 0.2) is 59.4 Å². The third-order valence-corrected chi connectivity index (χ3v) is 5.77. The maximum Gasteiger partial charge on any atom is 0.257 e. The van der Waals surface area contributed by atoms with Crippen molar-refractivity contribution in [2.45, 2.75) is 32.5 Å². The quantitative estimate of drug-likeness (QED) is 0.501. The van der Waals surface area contributed by atoms with E-state index >= 15 is 0 Å². The number of pyridine rings is 1. The molecule has 0 saturated carbocycles. The monoisotopic (exact) mass is 386 g/mol. The van der Waals surface area contributed by atoms with Crippen LogP contribution in [0.2, 0.25) is 0 Å². The van der Waals surface area contributed by atoms with Gasteiger partial charge in [0, 0.05) is 48.1 Å². The van der Waals surface area contributed by atoms with Crippen LogP contribution >= 0.6 is 0 Å². The Balaban J connectivity index is 1.47. The van der Waals surface area contributed by atoms with Crippen molar-refractivity contribution >= 4 is 21.8 Å². The van der Waals surface area contributed by atoms with E-state index in [1.807, 2.05) is 30.3 Å². The largest absolute Gasteiger partial charge is 0.354 e. The summed E-state index contributed by atoms with van der Waals surface area (Å²) < 4.78 is 0. The van der Waals surface area contributed by atoms with Crippen molar-refractivity contribution in [1.82, 2.24) is 20.2 Å². The zero-order chi connectivity index (χ0) is 20.0. The van der Waals surface area contributed by atoms with Gasteiger partial charge in [-0.1, -0.05) is 24.3 Å². The van der Waals surface area contributed by atoms with Gasteiger partial charge in [-0.3, -0.25) is 9.69 Å². The second kappa shape index (κ2) is 7.17. The number of aromatic nitrogens is 2. The normalized spacial score (nSPS) is 20.5. The molecule has 1 aliphatic heterocycles. The highest BCUT2D eigenvalue weighted by Gasteiger charge is 2.21. The Bertz CT molecular complexity index is 1230. The van der Waals surface area contributed by atoms with Gasteiger partial charge in [-0.2, -0.15) is 0 Å². The highest BCUT2D eigenvalue weighted by molar-refractivity contribution is 5.89. The first-order valence-corrected chi connectivity index (χ1v) is 10.3. The molecule has 148 valence electrons. The maximum absolute atomic E-state index is 12.6. The highest BCUT2D eigenvalue weighted by atomic mass is 16.1. The molecule has 5 nitrogen and oxygen atoms in total. The Morgan fingerprint density at radius 1 is 0.897 bits per heavy atom. The number of nitrogens with one attached hydrogen (secondary N) is 3. The number of fused-ring (bicyclic) bond motifs is 2. The molecule has 5 heteroatoms. The molecule has 29 heavy (non-hydrogen) atoms. The first-order chi connectivity index (χ1) is 14.0. The molecule has 0 radical (unpaired) electrons. The van der Waals surface area contributed by atoms with Crippen LogP contribution in [0.3, 0.4) is 0 Å². The standard InChI is InChI=1S/C24H26N4O/c1-15-12-28(13-16(2)25-15)14-17-7-8-22-19(9-17)11-23(26-22)20-10-18-5-3-4-6-21(18)27-24(20)29/h3-11,15-16,25-26H,12-14H2,1-2H3,(H,27,29). The Morgan fingerprint density at radius 3 is 2.48 bits per heavy atom. The van der Waals surface area contributed by atoms with Crippen molar-refractivity contribution in [3.63, 3.8) is 0 Å². The number of rotatable bonds is 3. The predicted octanol–water partition coefficient (Wildman–Crippen LogP) is 3.86. The summed E-state index contributed by atoms with van der Waals surface area (Å²) in [7, 11) is 0. The summed E-state index contributed by atoms with van der Waals surface area (Å²) in [6.07, 6.45) is 0. The highest BCUT2D eigenvalue weighted by Crippen LogP contribution is 2.25. The van der Waals surface area contributed by atoms with E-state index in [1.54, 1.807) is 0 Å². The van der Waals surface area contributed by atoms with Crippen molar-refractivity contribution in [2.24, 2.45) is 0 Å². The van der Waals surface area contributed by atoms with Crippen LogP contribution in [0.25, 0.3) is 33.1 Å². The van der Waals surface area contributed by atoms with Crippen LogP contribution in [-0.2, 0) is 6.54 Å². The molecule has 2 unspecified atom stereocenters. The van der Waals surface area contributed by atoms with Gasteiger partial charge in [-0.25, -0.2) is 0 Å². The van der Waals surface area contributed by atoms with Gasteiger partial charge in [0.15, 0.2) is 0 Å². The number of hydrogen-bond acceptors (Lipinski definition) is 3. The van der Waals surface area contributed by atoms with E-state index in [2.05, 4.69) is 58.3 Å². The van der Waals surface area contributed by atoms with Crippen molar-refractivity contribution in [3.05, 3.63) is 70.5 Å². The fraction of sp³-hybridized carbons (Fsp3) is 0.292. The number of aromatic amines is 2. The number of H-pyrrole nitrogens is 2. The van der Waals surface area contributed by atoms with Crippen LogP contribution in [-0.4, -0.2) is 40.0 Å². The molecular formula is C24H26N4O. The average Bonchev–Trinajstić information content (AvgIpc) is 3.09. The summed E-state index contributed by atoms with van der Waals surface area (Å²) in [6.45, 7) is 7.56. The first-order valence-electron chi connectivity index (χ1n) is 10.3. The molecule has 1 aliphatic rings. The SMILES string of the molecule is CC1CN(Cc2ccc3[nH]c(-c4cc5ccccc5[nH]c4=O)cc3c2)CC(C)N1. The van der Waals surface area contributed by atoms with Crippen LogP contribution < -0.4 is 10.9 Å². The Morgan fingerprint density at radius 2 is 1.66 bits per heavy atom. The number of hydrogen-bond donors (Lipinski definition) is 3. The van der Waals surface area contributed by atoms with Gasteiger partial charge < -0.3 is 15.3 Å². The fourth-order valence-corrected chi connectivity index (χ4v) is 4.60. The second-order valence-electron chi connectivity index (χ2n) is 8.37. The van der Waals surface area contributed by atoms with Crippen molar-refractivity contribution in [1.29, 1.82) is 0 Å². The number of benzene rings is 2. The van der Waals surface area contributed by atoms with E-state index in [4.69, 9.17) is 0 Å². The third-order valence-electron chi connectivity index (χ3n) is 5.77. The molecule has 0 aliphatic carbocycles. The van der Waals surface area contributed by atoms with Crippen LogP contribution in [0, 0.1) is 0 Å². The third kappa shape index (κ3) is 3.59. The molecule has 2 aromatic heterocycles. The number of piperazine rings is 1. The van der Waals surface area contributed by atoms with Gasteiger partial charge in [0.25, 0.3) is 5.56 Å². The molecule has 4 aromatic rings. The Kier molecular flexibility index (Phi) is 4.49. The van der Waals surface area contributed by atoms with Crippen molar-refractivity contribution in [2.75, 3.05) is 13.1 Å². The van der Waals surface area contributed by atoms with Gasteiger partial charge in [0.2, 0.25) is 0 Å². The predicted molar refractivity (Wildman–Crippen MR) is 119 cm³/mol. The molecule has 1 fully saturated rings. The summed E-state index contributed by atoms with van der Waals surface area (Å²) in [4.78, 5) is 21.5. The molecule has 0 bridgehead atoms. The molecule has 2 atom stereocenters.